The molecule has 1 saturated heterocycles. The number of hydrogen-bond donors (Lipinski definition) is 1. The molecule has 0 bridgehead atoms. The third-order valence-electron chi connectivity index (χ3n) is 4.63. The molecule has 0 saturated carbocycles. The van der Waals surface area contributed by atoms with Crippen LogP contribution in [0.15, 0.2) is 48.8 Å². The maximum atomic E-state index is 4.74. The molecular formula is C19H22N4. The zero-order valence-electron chi connectivity index (χ0n) is 13.5. The molecule has 1 aliphatic rings. The number of rotatable bonds is 3. The van der Waals surface area contributed by atoms with Gasteiger partial charge in [0.25, 0.3) is 0 Å². The summed E-state index contributed by atoms with van der Waals surface area (Å²) in [7, 11) is 1.93. The molecule has 4 nitrogen and oxygen atoms in total. The number of aromatic nitrogens is 2. The van der Waals surface area contributed by atoms with Gasteiger partial charge in [-0.1, -0.05) is 12.1 Å². The van der Waals surface area contributed by atoms with Crippen molar-refractivity contribution >= 4 is 17.0 Å². The average molecular weight is 306 g/mol. The third kappa shape index (κ3) is 2.77. The van der Waals surface area contributed by atoms with E-state index in [-0.39, 0.29) is 0 Å². The lowest BCUT2D eigenvalue weighted by atomic mass is 10.1. The van der Waals surface area contributed by atoms with Gasteiger partial charge in [-0.2, -0.15) is 0 Å². The number of nitrogens with one attached hydrogen (secondary N) is 1. The van der Waals surface area contributed by atoms with Crippen molar-refractivity contribution in [1.29, 1.82) is 0 Å². The van der Waals surface area contributed by atoms with E-state index in [0.717, 1.165) is 17.0 Å². The predicted octanol–water partition coefficient (Wildman–Crippen LogP) is 4.03. The molecule has 4 rings (SSSR count). The van der Waals surface area contributed by atoms with E-state index in [9.17, 15) is 0 Å². The largest absolute Gasteiger partial charge is 0.388 e. The fourth-order valence-corrected chi connectivity index (χ4v) is 3.27. The van der Waals surface area contributed by atoms with Crippen molar-refractivity contribution in [3.63, 3.8) is 0 Å². The van der Waals surface area contributed by atoms with Gasteiger partial charge >= 0.3 is 0 Å². The highest BCUT2D eigenvalue weighted by molar-refractivity contribution is 5.67. The number of fused-ring (bicyclic) bond motifs is 1. The second-order valence-electron chi connectivity index (χ2n) is 6.15. The first-order chi connectivity index (χ1) is 11.3. The molecule has 1 N–H and O–H groups in total. The lowest BCUT2D eigenvalue weighted by molar-refractivity contribution is 0.578. The van der Waals surface area contributed by atoms with Gasteiger partial charge in [0.15, 0.2) is 0 Å². The Balaban J connectivity index is 1.62. The van der Waals surface area contributed by atoms with Crippen molar-refractivity contribution in [2.45, 2.75) is 19.3 Å². The zero-order chi connectivity index (χ0) is 15.6. The van der Waals surface area contributed by atoms with Gasteiger partial charge in [0.05, 0.1) is 5.69 Å². The van der Waals surface area contributed by atoms with E-state index < -0.39 is 0 Å². The Hall–Kier alpha value is -2.49. The van der Waals surface area contributed by atoms with Gasteiger partial charge in [-0.25, -0.2) is 4.98 Å². The van der Waals surface area contributed by atoms with Gasteiger partial charge in [-0.15, -0.1) is 0 Å². The van der Waals surface area contributed by atoms with Gasteiger partial charge in [0.1, 0.15) is 5.65 Å². The van der Waals surface area contributed by atoms with E-state index in [2.05, 4.69) is 57.2 Å². The molecule has 1 aliphatic heterocycles. The highest BCUT2D eigenvalue weighted by atomic mass is 15.1. The molecule has 0 radical (unpaired) electrons. The predicted molar refractivity (Wildman–Crippen MR) is 96.2 cm³/mol. The molecule has 3 aromatic rings. The molecule has 23 heavy (non-hydrogen) atoms. The number of piperidine rings is 1. The van der Waals surface area contributed by atoms with Crippen LogP contribution in [0.1, 0.15) is 19.3 Å². The Morgan fingerprint density at radius 2 is 1.78 bits per heavy atom. The quantitative estimate of drug-likeness (QED) is 0.793. The van der Waals surface area contributed by atoms with Crippen LogP contribution in [0, 0.1) is 0 Å². The van der Waals surface area contributed by atoms with Crippen LogP contribution in [0.25, 0.3) is 16.9 Å². The fraction of sp³-hybridized carbons (Fsp3) is 0.316. The molecule has 2 aromatic heterocycles. The molecule has 0 atom stereocenters. The van der Waals surface area contributed by atoms with Crippen molar-refractivity contribution in [1.82, 2.24) is 9.38 Å². The molecule has 118 valence electrons. The fourth-order valence-electron chi connectivity index (χ4n) is 3.27. The molecule has 1 aromatic carbocycles. The maximum absolute atomic E-state index is 4.74. The summed E-state index contributed by atoms with van der Waals surface area (Å²) in [5, 5.41) is 3.15. The number of imidazole rings is 1. The summed E-state index contributed by atoms with van der Waals surface area (Å²) in [5.74, 6) is 0. The Labute approximate surface area is 136 Å². The second-order valence-corrected chi connectivity index (χ2v) is 6.15. The highest BCUT2D eigenvalue weighted by Crippen LogP contribution is 2.25. The summed E-state index contributed by atoms with van der Waals surface area (Å²) in [6, 6.07) is 12.9. The lowest BCUT2D eigenvalue weighted by Gasteiger charge is -2.28. The maximum Gasteiger partial charge on any atom is 0.139 e. The summed E-state index contributed by atoms with van der Waals surface area (Å²) in [6.07, 6.45) is 8.11. The van der Waals surface area contributed by atoms with Crippen molar-refractivity contribution < 1.29 is 0 Å². The summed E-state index contributed by atoms with van der Waals surface area (Å²) >= 11 is 0. The lowest BCUT2D eigenvalue weighted by Crippen LogP contribution is -2.29. The van der Waals surface area contributed by atoms with Crippen LogP contribution >= 0.6 is 0 Å². The van der Waals surface area contributed by atoms with Gasteiger partial charge in [0.2, 0.25) is 0 Å². The monoisotopic (exact) mass is 306 g/mol. The first-order valence-electron chi connectivity index (χ1n) is 8.35. The van der Waals surface area contributed by atoms with E-state index in [1.165, 1.54) is 43.6 Å². The Morgan fingerprint density at radius 3 is 2.52 bits per heavy atom. The van der Waals surface area contributed by atoms with Crippen molar-refractivity contribution in [2.75, 3.05) is 30.4 Å². The van der Waals surface area contributed by atoms with Crippen LogP contribution in [0.4, 0.5) is 11.4 Å². The van der Waals surface area contributed by atoms with E-state index in [4.69, 9.17) is 4.98 Å². The van der Waals surface area contributed by atoms with E-state index >= 15 is 0 Å². The standard InChI is InChI=1S/C19H22N4/c1-20-16-9-12-23-14-18(21-19(23)13-16)15-5-7-17(8-6-15)22-10-3-2-4-11-22/h5-9,12-14,20H,2-4,10-11H2,1H3. The zero-order valence-corrected chi connectivity index (χ0v) is 13.5. The number of hydrogen-bond acceptors (Lipinski definition) is 3. The van der Waals surface area contributed by atoms with Gasteiger partial charge in [-0.05, 0) is 37.5 Å². The van der Waals surface area contributed by atoms with Gasteiger partial charge < -0.3 is 14.6 Å². The molecule has 0 unspecified atom stereocenters. The van der Waals surface area contributed by atoms with Crippen LogP contribution in [-0.2, 0) is 0 Å². The Bertz CT molecular complexity index is 798. The summed E-state index contributed by atoms with van der Waals surface area (Å²) in [6.45, 7) is 2.36. The number of anilines is 2. The molecular weight excluding hydrogens is 284 g/mol. The molecule has 0 amide bonds. The summed E-state index contributed by atoms with van der Waals surface area (Å²) in [4.78, 5) is 7.23. The van der Waals surface area contributed by atoms with Gasteiger partial charge in [-0.3, -0.25) is 0 Å². The SMILES string of the molecule is CNc1ccn2cc(-c3ccc(N4CCCCC4)cc3)nc2c1. The summed E-state index contributed by atoms with van der Waals surface area (Å²) < 4.78 is 2.06. The first-order valence-corrected chi connectivity index (χ1v) is 8.35. The number of nitrogens with zero attached hydrogens (tertiary/aromatic N) is 3. The number of pyridine rings is 1. The minimum absolute atomic E-state index is 0.965. The third-order valence-corrected chi connectivity index (χ3v) is 4.63. The van der Waals surface area contributed by atoms with Crippen molar-refractivity contribution in [3.05, 3.63) is 48.8 Å². The minimum Gasteiger partial charge on any atom is -0.388 e. The summed E-state index contributed by atoms with van der Waals surface area (Å²) in [5.41, 5.74) is 5.56. The first kappa shape index (κ1) is 14.1. The smallest absolute Gasteiger partial charge is 0.139 e. The second kappa shape index (κ2) is 5.95. The van der Waals surface area contributed by atoms with Crippen molar-refractivity contribution in [2.24, 2.45) is 0 Å². The van der Waals surface area contributed by atoms with E-state index in [1.807, 2.05) is 13.2 Å². The molecule has 0 spiro atoms. The normalized spacial score (nSPS) is 15.1. The van der Waals surface area contributed by atoms with E-state index in [0.29, 0.717) is 0 Å². The molecule has 1 fully saturated rings. The van der Waals surface area contributed by atoms with Crippen LogP contribution in [0.2, 0.25) is 0 Å². The van der Waals surface area contributed by atoms with Crippen LogP contribution in [0.5, 0.6) is 0 Å². The van der Waals surface area contributed by atoms with E-state index in [1.54, 1.807) is 0 Å². The highest BCUT2D eigenvalue weighted by Gasteiger charge is 2.11. The van der Waals surface area contributed by atoms with Crippen LogP contribution < -0.4 is 10.2 Å². The molecule has 4 heteroatoms. The molecule has 0 aliphatic carbocycles. The van der Waals surface area contributed by atoms with Crippen molar-refractivity contribution in [3.8, 4) is 11.3 Å². The Morgan fingerprint density at radius 1 is 1.00 bits per heavy atom. The number of benzene rings is 1. The minimum atomic E-state index is 0.965. The topological polar surface area (TPSA) is 32.6 Å². The average Bonchev–Trinajstić information content (AvgIpc) is 3.05. The van der Waals surface area contributed by atoms with Crippen LogP contribution in [0.3, 0.4) is 0 Å². The van der Waals surface area contributed by atoms with Gasteiger partial charge in [0, 0.05) is 55.5 Å². The van der Waals surface area contributed by atoms with Crippen LogP contribution in [-0.4, -0.2) is 29.5 Å². The molecule has 3 heterocycles. The Kier molecular flexibility index (Phi) is 3.66.